The van der Waals surface area contributed by atoms with Gasteiger partial charge in [0.05, 0.1) is 46.6 Å². The normalized spacial score (nSPS) is 20.2. The Morgan fingerprint density at radius 3 is 1.08 bits per heavy atom. The number of aliphatic carboxylic acids is 1. The second-order valence-corrected chi connectivity index (χ2v) is 38.0. The van der Waals surface area contributed by atoms with E-state index in [1.54, 1.807) is 70.1 Å². The highest BCUT2D eigenvalue weighted by molar-refractivity contribution is 6.74. The number of benzene rings is 7. The first-order valence-electron chi connectivity index (χ1n) is 40.6. The van der Waals surface area contributed by atoms with Gasteiger partial charge in [0, 0.05) is 115 Å². The Kier molecular flexibility index (Phi) is 29.6. The van der Waals surface area contributed by atoms with Gasteiger partial charge in [-0.2, -0.15) is 0 Å². The summed E-state index contributed by atoms with van der Waals surface area (Å²) in [6.45, 7) is 14.5. The third kappa shape index (κ3) is 20.7. The third-order valence-corrected chi connectivity index (χ3v) is 29.2. The van der Waals surface area contributed by atoms with Gasteiger partial charge in [-0.05, 0) is 168 Å². The molecule has 640 valence electrons. The smallest absolute Gasteiger partial charge is 0.321 e. The number of amides is 6. The maximum absolute atomic E-state index is 15.3. The highest BCUT2D eigenvalue weighted by Gasteiger charge is 2.52. The van der Waals surface area contributed by atoms with E-state index in [-0.39, 0.29) is 122 Å². The van der Waals surface area contributed by atoms with Gasteiger partial charge < -0.3 is 58.6 Å². The predicted molar refractivity (Wildman–Crippen MR) is 449 cm³/mol. The number of aliphatic hydroxyl groups is 2. The van der Waals surface area contributed by atoms with E-state index in [1.807, 2.05) is 120 Å². The van der Waals surface area contributed by atoms with Crippen molar-refractivity contribution in [2.45, 2.75) is 119 Å². The van der Waals surface area contributed by atoms with Gasteiger partial charge >= 0.3 is 36.0 Å². The molecule has 3 unspecified atom stereocenters. The van der Waals surface area contributed by atoms with Crippen molar-refractivity contribution in [1.82, 2.24) is 44.1 Å². The summed E-state index contributed by atoms with van der Waals surface area (Å²) < 4.78 is 104. The zero-order valence-corrected chi connectivity index (χ0v) is 70.6. The molecule has 7 aromatic carbocycles. The fourth-order valence-electron chi connectivity index (χ4n) is 16.5. The quantitative estimate of drug-likeness (QED) is 0.0326. The summed E-state index contributed by atoms with van der Waals surface area (Å²) in [6.07, 6.45) is 9.15. The molecule has 13 rings (SSSR count). The first kappa shape index (κ1) is 90.3. The second-order valence-electron chi connectivity index (χ2n) is 33.2. The number of hydrogen-bond donors (Lipinski definition) is 3. The number of nitrogens with zero attached hydrogens (tertiary/aromatic N) is 9. The Hall–Kier alpha value is -10.5. The molecule has 0 aliphatic carbocycles. The fourth-order valence-corrected chi connectivity index (χ4v) is 17.5. The first-order valence-corrected chi connectivity index (χ1v) is 43.5. The molecule has 6 heterocycles. The standard InChI is InChI=1S/C39H49F2N3O4Si.C27H31F2N3O4.C26H29F2N3O4/c1-38(2,3)49(5,6)48-28-39(31-15-11-8-12-16-31)24-30(34-23-32(40)17-18-35(34)41)25-44(39)37(46)42(4)33-19-21-43(22-20-33)26-36(45)47-27-29-13-9-7-10-14-29;1-30(22-10-12-31(13-11-22)17-25(34)36-2)26(35)32-16-19(23-14-21(28)8-9-24(23)29)15-27(32,18-33)20-6-4-3-5-7-20;1-29(21-9-11-30(12-10-21)16-24(33)34)25(35)31-15-18(22-13-20(27)7-8-23(22)28)14-26(31,17-32)19-5-3-2-4-6-19/h7-18,23-24,33H,19-22,25-28H2,1-6H3;3-9,14-15,22,33H,10-13,16-18H2,1-2H3;2-8,13-14,21,32H,9-12,15-17H2,1H3,(H,33,34). The molecule has 120 heavy (non-hydrogen) atoms. The van der Waals surface area contributed by atoms with E-state index in [9.17, 15) is 60.9 Å². The number of carboxylic acid groups (broad SMARTS) is 1. The highest BCUT2D eigenvalue weighted by atomic mass is 28.4. The summed E-state index contributed by atoms with van der Waals surface area (Å²) in [5.74, 6) is -4.92. The van der Waals surface area contributed by atoms with Crippen molar-refractivity contribution in [2.75, 3.05) is 127 Å². The molecular weight excluding hydrogens is 1570 g/mol. The van der Waals surface area contributed by atoms with Crippen molar-refractivity contribution in [3.8, 4) is 0 Å². The summed E-state index contributed by atoms with van der Waals surface area (Å²) in [4.78, 5) is 93.3. The topological polar surface area (TPSA) is 220 Å². The van der Waals surface area contributed by atoms with Crippen molar-refractivity contribution >= 4 is 61.0 Å². The van der Waals surface area contributed by atoms with Gasteiger partial charge in [0.1, 0.15) is 58.1 Å². The molecule has 0 aromatic heterocycles. The van der Waals surface area contributed by atoms with E-state index in [1.165, 1.54) is 23.0 Å². The van der Waals surface area contributed by atoms with Crippen LogP contribution in [0.2, 0.25) is 18.1 Å². The molecule has 3 saturated heterocycles. The number of piperidine rings is 3. The van der Waals surface area contributed by atoms with Crippen LogP contribution in [0.5, 0.6) is 0 Å². The predicted octanol–water partition coefficient (Wildman–Crippen LogP) is 14.2. The minimum absolute atomic E-state index is 0.00311. The number of methoxy groups -OCH3 is 1. The summed E-state index contributed by atoms with van der Waals surface area (Å²) in [5, 5.41) is 30.2. The van der Waals surface area contributed by atoms with E-state index >= 15 is 4.39 Å². The number of ether oxygens (including phenoxy) is 2. The van der Waals surface area contributed by atoms with Gasteiger partial charge in [0.15, 0.2) is 8.32 Å². The van der Waals surface area contributed by atoms with E-state index < -0.39 is 79.0 Å². The van der Waals surface area contributed by atoms with E-state index in [4.69, 9.17) is 19.0 Å². The van der Waals surface area contributed by atoms with Crippen molar-refractivity contribution in [3.05, 3.63) is 268 Å². The summed E-state index contributed by atoms with van der Waals surface area (Å²) in [7, 11) is 4.27. The Morgan fingerprint density at radius 2 is 0.758 bits per heavy atom. The van der Waals surface area contributed by atoms with E-state index in [0.29, 0.717) is 106 Å². The monoisotopic (exact) mass is 1670 g/mol. The van der Waals surface area contributed by atoms with Gasteiger partial charge in [0.25, 0.3) is 0 Å². The minimum Gasteiger partial charge on any atom is -0.480 e. The molecule has 3 atom stereocenters. The van der Waals surface area contributed by atoms with Gasteiger partial charge in [0.2, 0.25) is 0 Å². The Labute approximate surface area is 699 Å². The van der Waals surface area contributed by atoms with Crippen LogP contribution in [-0.2, 0) is 51.5 Å². The molecule has 0 bridgehead atoms. The number of halogens is 6. The van der Waals surface area contributed by atoms with E-state index in [0.717, 1.165) is 59.7 Å². The lowest BCUT2D eigenvalue weighted by Gasteiger charge is -2.45. The molecule has 6 aliphatic rings. The van der Waals surface area contributed by atoms with Gasteiger partial charge in [-0.3, -0.25) is 29.1 Å². The fraction of sp³-hybridized carbons (Fsp3) is 0.413. The number of rotatable bonds is 22. The van der Waals surface area contributed by atoms with Crippen LogP contribution in [-0.4, -0.2) is 248 Å². The SMILES string of the molecule is CN(C(=O)N1CC(c2cc(F)ccc2F)=CC1(CO)c1ccccc1)C1CCN(CC(=O)O)CC1.CN(C(=O)N1CC(c2cc(F)ccc2F)=CC1(CO[Si](C)(C)C(C)(C)C)c1ccccc1)C1CCN(CC(=O)OCc2ccccc2)CC1.COC(=O)CN1CCC(N(C)C(=O)N2CC(c3cc(F)ccc3F)=CC2(CO)c2ccccc2)CC1. The summed E-state index contributed by atoms with van der Waals surface area (Å²) in [5.41, 5.74) is 1.22. The van der Waals surface area contributed by atoms with Crippen LogP contribution in [0.25, 0.3) is 16.7 Å². The molecular formula is C92H109F6N9O12Si. The third-order valence-electron chi connectivity index (χ3n) is 24.7. The van der Waals surface area contributed by atoms with Crippen LogP contribution in [0.1, 0.15) is 98.2 Å². The lowest BCUT2D eigenvalue weighted by molar-refractivity contribution is -0.146. The van der Waals surface area contributed by atoms with Crippen molar-refractivity contribution in [2.24, 2.45) is 0 Å². The largest absolute Gasteiger partial charge is 0.480 e. The zero-order valence-electron chi connectivity index (χ0n) is 69.6. The van der Waals surface area contributed by atoms with Crippen LogP contribution < -0.4 is 0 Å². The minimum atomic E-state index is -2.30. The first-order chi connectivity index (χ1) is 57.2. The maximum Gasteiger partial charge on any atom is 0.321 e. The molecule has 3 N–H and O–H groups in total. The van der Waals surface area contributed by atoms with Crippen molar-refractivity contribution in [3.63, 3.8) is 0 Å². The Balaban J connectivity index is 0.000000180. The molecule has 6 amide bonds. The van der Waals surface area contributed by atoms with Crippen LogP contribution in [0.15, 0.2) is 194 Å². The average molecular weight is 1680 g/mol. The molecule has 0 radical (unpaired) electrons. The van der Waals surface area contributed by atoms with Gasteiger partial charge in [-0.15, -0.1) is 0 Å². The Bertz CT molecular complexity index is 4840. The van der Waals surface area contributed by atoms with E-state index in [2.05, 4.69) is 38.8 Å². The lowest BCUT2D eigenvalue weighted by Crippen LogP contribution is -2.57. The molecule has 3 fully saturated rings. The van der Waals surface area contributed by atoms with Crippen LogP contribution in [0.4, 0.5) is 40.7 Å². The summed E-state index contributed by atoms with van der Waals surface area (Å²) in [6, 6.07) is 46.1. The van der Waals surface area contributed by atoms with Crippen LogP contribution >= 0.6 is 0 Å². The lowest BCUT2D eigenvalue weighted by atomic mass is 9.89. The number of hydrogen-bond acceptors (Lipinski definition) is 14. The number of carboxylic acids is 1. The number of aliphatic hydroxyl groups excluding tert-OH is 2. The second kappa shape index (κ2) is 39.4. The number of urea groups is 3. The number of carbonyl (C=O) groups is 6. The van der Waals surface area contributed by atoms with Crippen LogP contribution in [0, 0.1) is 34.9 Å². The molecule has 28 heteroatoms. The van der Waals surface area contributed by atoms with Gasteiger partial charge in [-0.1, -0.05) is 142 Å². The maximum atomic E-state index is 15.3. The number of esters is 2. The van der Waals surface area contributed by atoms with Crippen molar-refractivity contribution in [1.29, 1.82) is 0 Å². The molecule has 6 aliphatic heterocycles. The van der Waals surface area contributed by atoms with Crippen LogP contribution in [0.3, 0.4) is 0 Å². The zero-order chi connectivity index (χ0) is 86.4. The average Bonchev–Trinajstić information content (AvgIpc) is 1.59. The highest BCUT2D eigenvalue weighted by Crippen LogP contribution is 2.47. The summed E-state index contributed by atoms with van der Waals surface area (Å²) >= 11 is 0. The van der Waals surface area contributed by atoms with Crippen molar-refractivity contribution < 1.29 is 84.3 Å². The molecule has 21 nitrogen and oxygen atoms in total. The molecule has 0 spiro atoms. The molecule has 0 saturated carbocycles. The molecule has 7 aromatic rings. The Morgan fingerprint density at radius 1 is 0.450 bits per heavy atom. The number of carbonyl (C=O) groups excluding carboxylic acids is 5. The number of likely N-dealkylation sites (tertiary alicyclic amines) is 3. The van der Waals surface area contributed by atoms with Gasteiger partial charge in [-0.25, -0.2) is 40.7 Å².